The molecule has 1 atom stereocenters. The number of nitrogens with one attached hydrogen (secondary N) is 2. The Morgan fingerprint density at radius 3 is 2.67 bits per heavy atom. The molecular formula is C18H31N3O5S. The zero-order valence-electron chi connectivity index (χ0n) is 16.5. The fourth-order valence-electron chi connectivity index (χ4n) is 2.27. The van der Waals surface area contributed by atoms with E-state index in [1.807, 2.05) is 26.0 Å². The smallest absolute Gasteiger partial charge is 0.191 e. The van der Waals surface area contributed by atoms with Gasteiger partial charge in [0.2, 0.25) is 0 Å². The third-order valence-electron chi connectivity index (χ3n) is 3.65. The lowest BCUT2D eigenvalue weighted by molar-refractivity contribution is 0.196. The molecular weight excluding hydrogens is 370 g/mol. The predicted molar refractivity (Wildman–Crippen MR) is 107 cm³/mol. The lowest BCUT2D eigenvalue weighted by Gasteiger charge is -2.17. The molecule has 0 bridgehead atoms. The Labute approximate surface area is 161 Å². The SMILES string of the molecule is CCNC(=NCc1ccc(OCCO)c(OC)c1)NC(C)CCS(C)(=O)=O. The molecule has 1 rings (SSSR count). The summed E-state index contributed by atoms with van der Waals surface area (Å²) in [5.41, 5.74) is 0.934. The van der Waals surface area contributed by atoms with E-state index in [0.717, 1.165) is 5.56 Å². The number of aliphatic imine (C=N–C) groups is 1. The number of aliphatic hydroxyl groups excluding tert-OH is 1. The van der Waals surface area contributed by atoms with Crippen molar-refractivity contribution < 1.29 is 23.0 Å². The number of hydrogen-bond acceptors (Lipinski definition) is 6. The molecule has 0 spiro atoms. The average Bonchev–Trinajstić information content (AvgIpc) is 2.62. The van der Waals surface area contributed by atoms with Gasteiger partial charge in [0.15, 0.2) is 17.5 Å². The van der Waals surface area contributed by atoms with E-state index < -0.39 is 9.84 Å². The number of rotatable bonds is 11. The summed E-state index contributed by atoms with van der Waals surface area (Å²) in [4.78, 5) is 4.54. The van der Waals surface area contributed by atoms with Gasteiger partial charge in [-0.3, -0.25) is 0 Å². The van der Waals surface area contributed by atoms with Gasteiger partial charge in [-0.25, -0.2) is 13.4 Å². The largest absolute Gasteiger partial charge is 0.493 e. The standard InChI is InChI=1S/C18H31N3O5S/c1-5-19-18(21-14(2)8-11-27(4,23)24)20-13-15-6-7-16(26-10-9-22)17(12-15)25-3/h6-7,12,14,22H,5,8-11,13H2,1-4H3,(H2,19,20,21). The maximum atomic E-state index is 11.3. The molecule has 0 fully saturated rings. The van der Waals surface area contributed by atoms with Gasteiger partial charge in [0, 0.05) is 18.8 Å². The van der Waals surface area contributed by atoms with Crippen molar-refractivity contribution in [2.24, 2.45) is 4.99 Å². The van der Waals surface area contributed by atoms with E-state index in [0.29, 0.717) is 37.0 Å². The summed E-state index contributed by atoms with van der Waals surface area (Å²) in [5, 5.41) is 15.2. The quantitative estimate of drug-likeness (QED) is 0.374. The first-order valence-electron chi connectivity index (χ1n) is 8.92. The van der Waals surface area contributed by atoms with Crippen LogP contribution < -0.4 is 20.1 Å². The zero-order chi connectivity index (χ0) is 20.3. The summed E-state index contributed by atoms with van der Waals surface area (Å²) >= 11 is 0. The Morgan fingerprint density at radius 2 is 2.07 bits per heavy atom. The fraction of sp³-hybridized carbons (Fsp3) is 0.611. The van der Waals surface area contributed by atoms with Gasteiger partial charge in [-0.05, 0) is 38.0 Å². The monoisotopic (exact) mass is 401 g/mol. The van der Waals surface area contributed by atoms with Crippen LogP contribution in [0.25, 0.3) is 0 Å². The third-order valence-corrected chi connectivity index (χ3v) is 4.62. The third kappa shape index (κ3) is 9.48. The molecule has 0 heterocycles. The van der Waals surface area contributed by atoms with Crippen LogP contribution in [0.1, 0.15) is 25.8 Å². The minimum Gasteiger partial charge on any atom is -0.493 e. The number of ether oxygens (including phenoxy) is 2. The summed E-state index contributed by atoms with van der Waals surface area (Å²) in [6, 6.07) is 5.48. The van der Waals surface area contributed by atoms with Crippen LogP contribution >= 0.6 is 0 Å². The number of guanidine groups is 1. The van der Waals surface area contributed by atoms with Gasteiger partial charge < -0.3 is 25.2 Å². The number of hydrogen-bond donors (Lipinski definition) is 3. The van der Waals surface area contributed by atoms with Gasteiger partial charge in [-0.15, -0.1) is 0 Å². The molecule has 8 nitrogen and oxygen atoms in total. The molecule has 1 unspecified atom stereocenters. The van der Waals surface area contributed by atoms with Gasteiger partial charge in [-0.2, -0.15) is 0 Å². The van der Waals surface area contributed by atoms with E-state index in [4.69, 9.17) is 14.6 Å². The Hall–Kier alpha value is -2.00. The predicted octanol–water partition coefficient (Wildman–Crippen LogP) is 0.945. The van der Waals surface area contributed by atoms with Crippen LogP contribution in [0.5, 0.6) is 11.5 Å². The number of nitrogens with zero attached hydrogens (tertiary/aromatic N) is 1. The van der Waals surface area contributed by atoms with E-state index in [-0.39, 0.29) is 25.0 Å². The zero-order valence-corrected chi connectivity index (χ0v) is 17.3. The van der Waals surface area contributed by atoms with E-state index in [9.17, 15) is 8.42 Å². The number of aliphatic hydroxyl groups is 1. The van der Waals surface area contributed by atoms with E-state index in [1.54, 1.807) is 13.2 Å². The lowest BCUT2D eigenvalue weighted by Crippen LogP contribution is -2.42. The van der Waals surface area contributed by atoms with Crippen molar-refractivity contribution >= 4 is 15.8 Å². The molecule has 1 aromatic carbocycles. The Balaban J connectivity index is 2.76. The van der Waals surface area contributed by atoms with Crippen molar-refractivity contribution in [3.05, 3.63) is 23.8 Å². The molecule has 154 valence electrons. The van der Waals surface area contributed by atoms with Crippen LogP contribution in [0.2, 0.25) is 0 Å². The molecule has 0 aromatic heterocycles. The second-order valence-corrected chi connectivity index (χ2v) is 8.48. The second kappa shape index (κ2) is 11.7. The molecule has 1 aromatic rings. The molecule has 0 saturated carbocycles. The first-order chi connectivity index (χ1) is 12.8. The molecule has 27 heavy (non-hydrogen) atoms. The molecule has 0 aliphatic heterocycles. The summed E-state index contributed by atoms with van der Waals surface area (Å²) in [6.07, 6.45) is 1.74. The van der Waals surface area contributed by atoms with Crippen molar-refractivity contribution in [2.45, 2.75) is 32.9 Å². The fourth-order valence-corrected chi connectivity index (χ4v) is 3.05. The van der Waals surface area contributed by atoms with Gasteiger partial charge >= 0.3 is 0 Å². The van der Waals surface area contributed by atoms with E-state index in [2.05, 4.69) is 15.6 Å². The first kappa shape index (κ1) is 23.0. The van der Waals surface area contributed by atoms with Crippen molar-refractivity contribution in [1.82, 2.24) is 10.6 Å². The summed E-state index contributed by atoms with van der Waals surface area (Å²) < 4.78 is 33.3. The highest BCUT2D eigenvalue weighted by atomic mass is 32.2. The first-order valence-corrected chi connectivity index (χ1v) is 11.0. The molecule has 9 heteroatoms. The van der Waals surface area contributed by atoms with Gasteiger partial charge in [0.05, 0.1) is 26.0 Å². The van der Waals surface area contributed by atoms with Crippen molar-refractivity contribution in [3.63, 3.8) is 0 Å². The average molecular weight is 402 g/mol. The maximum Gasteiger partial charge on any atom is 0.191 e. The highest BCUT2D eigenvalue weighted by Crippen LogP contribution is 2.28. The molecule has 0 radical (unpaired) electrons. The van der Waals surface area contributed by atoms with Crippen LogP contribution in [-0.4, -0.2) is 64.4 Å². The van der Waals surface area contributed by atoms with Gasteiger partial charge in [0.1, 0.15) is 16.4 Å². The van der Waals surface area contributed by atoms with Crippen molar-refractivity contribution in [1.29, 1.82) is 0 Å². The highest BCUT2D eigenvalue weighted by molar-refractivity contribution is 7.90. The minimum absolute atomic E-state index is 0.0266. The second-order valence-electron chi connectivity index (χ2n) is 6.22. The number of benzene rings is 1. The molecule has 0 saturated heterocycles. The Morgan fingerprint density at radius 1 is 1.33 bits per heavy atom. The van der Waals surface area contributed by atoms with Crippen LogP contribution in [0.15, 0.2) is 23.2 Å². The summed E-state index contributed by atoms with van der Waals surface area (Å²) in [5.74, 6) is 1.90. The normalized spacial score (nSPS) is 13.1. The van der Waals surface area contributed by atoms with Crippen LogP contribution in [-0.2, 0) is 16.4 Å². The van der Waals surface area contributed by atoms with Gasteiger partial charge in [0.25, 0.3) is 0 Å². The van der Waals surface area contributed by atoms with Crippen LogP contribution in [0, 0.1) is 0 Å². The Kier molecular flexibility index (Phi) is 9.95. The van der Waals surface area contributed by atoms with E-state index in [1.165, 1.54) is 6.26 Å². The van der Waals surface area contributed by atoms with Crippen LogP contribution in [0.4, 0.5) is 0 Å². The van der Waals surface area contributed by atoms with Crippen molar-refractivity contribution in [2.75, 3.05) is 38.9 Å². The molecule has 0 aliphatic carbocycles. The minimum atomic E-state index is -2.98. The lowest BCUT2D eigenvalue weighted by atomic mass is 10.2. The number of sulfone groups is 1. The summed E-state index contributed by atoms with van der Waals surface area (Å²) in [7, 11) is -1.42. The highest BCUT2D eigenvalue weighted by Gasteiger charge is 2.10. The van der Waals surface area contributed by atoms with Gasteiger partial charge in [-0.1, -0.05) is 6.07 Å². The number of methoxy groups -OCH3 is 1. The Bertz CT molecular complexity index is 707. The molecule has 0 amide bonds. The summed E-state index contributed by atoms with van der Waals surface area (Å²) in [6.45, 7) is 5.15. The van der Waals surface area contributed by atoms with E-state index >= 15 is 0 Å². The topological polar surface area (TPSA) is 109 Å². The van der Waals surface area contributed by atoms with Crippen LogP contribution in [0.3, 0.4) is 0 Å². The molecule has 3 N–H and O–H groups in total. The van der Waals surface area contributed by atoms with Crippen molar-refractivity contribution in [3.8, 4) is 11.5 Å². The molecule has 0 aliphatic rings. The maximum absolute atomic E-state index is 11.3.